The normalized spacial score (nSPS) is 10.6. The number of carbonyl (C=O) groups excluding carboxylic acids is 1. The van der Waals surface area contributed by atoms with E-state index >= 15 is 0 Å². The zero-order valence-corrected chi connectivity index (χ0v) is 14.4. The highest BCUT2D eigenvalue weighted by atomic mass is 79.9. The molecule has 2 aromatic heterocycles. The summed E-state index contributed by atoms with van der Waals surface area (Å²) in [6.45, 7) is 0.452. The number of carbonyl (C=O) groups is 1. The Morgan fingerprint density at radius 1 is 1.18 bits per heavy atom. The first-order valence-corrected chi connectivity index (χ1v) is 8.44. The van der Waals surface area contributed by atoms with Crippen LogP contribution in [0.4, 0.5) is 0 Å². The van der Waals surface area contributed by atoms with Gasteiger partial charge >= 0.3 is 0 Å². The van der Waals surface area contributed by atoms with Gasteiger partial charge in [-0.25, -0.2) is 0 Å². The maximum atomic E-state index is 12.2. The van der Waals surface area contributed by atoms with Crippen LogP contribution in [0.25, 0.3) is 11.3 Å². The Bertz CT molecular complexity index is 762. The van der Waals surface area contributed by atoms with E-state index in [1.165, 1.54) is 11.3 Å². The molecule has 0 aliphatic heterocycles. The lowest BCUT2D eigenvalue weighted by Gasteiger charge is -2.14. The molecule has 0 N–H and O–H groups in total. The number of thiophene rings is 1. The summed E-state index contributed by atoms with van der Waals surface area (Å²) in [5.41, 5.74) is 1.02. The second-order valence-electron chi connectivity index (χ2n) is 4.91. The Morgan fingerprint density at radius 3 is 2.64 bits per heavy atom. The van der Waals surface area contributed by atoms with Gasteiger partial charge in [0.1, 0.15) is 11.5 Å². The number of nitrogens with zero attached hydrogens (tertiary/aromatic N) is 1. The van der Waals surface area contributed by atoms with Crippen molar-refractivity contribution >= 4 is 33.2 Å². The smallest absolute Gasteiger partial charge is 0.264 e. The number of hydrogen-bond acceptors (Lipinski definition) is 3. The van der Waals surface area contributed by atoms with Crippen molar-refractivity contribution in [1.29, 1.82) is 0 Å². The third kappa shape index (κ3) is 3.31. The Hall–Kier alpha value is -1.85. The summed E-state index contributed by atoms with van der Waals surface area (Å²) in [5.74, 6) is 1.58. The van der Waals surface area contributed by atoms with Gasteiger partial charge in [0.2, 0.25) is 0 Å². The van der Waals surface area contributed by atoms with Crippen molar-refractivity contribution in [1.82, 2.24) is 4.90 Å². The van der Waals surface area contributed by atoms with Crippen molar-refractivity contribution in [3.05, 3.63) is 69.0 Å². The summed E-state index contributed by atoms with van der Waals surface area (Å²) in [4.78, 5) is 14.6. The Morgan fingerprint density at radius 2 is 1.95 bits per heavy atom. The van der Waals surface area contributed by atoms with Gasteiger partial charge in [0.15, 0.2) is 0 Å². The lowest BCUT2D eigenvalue weighted by atomic mass is 10.2. The van der Waals surface area contributed by atoms with Crippen molar-refractivity contribution in [3.63, 3.8) is 0 Å². The maximum absolute atomic E-state index is 12.2. The summed E-state index contributed by atoms with van der Waals surface area (Å²) in [7, 11) is 1.78. The van der Waals surface area contributed by atoms with E-state index in [2.05, 4.69) is 15.9 Å². The van der Waals surface area contributed by atoms with Crippen LogP contribution in [-0.4, -0.2) is 17.9 Å². The second-order valence-corrected chi connectivity index (χ2v) is 6.77. The molecule has 0 spiro atoms. The van der Waals surface area contributed by atoms with Gasteiger partial charge in [0, 0.05) is 17.1 Å². The van der Waals surface area contributed by atoms with Gasteiger partial charge < -0.3 is 9.32 Å². The molecular weight excluding hydrogens is 362 g/mol. The Labute approximate surface area is 141 Å². The molecule has 0 saturated heterocycles. The van der Waals surface area contributed by atoms with E-state index in [1.807, 2.05) is 53.9 Å². The third-order valence-corrected chi connectivity index (χ3v) is 4.65. The van der Waals surface area contributed by atoms with Crippen LogP contribution in [-0.2, 0) is 6.54 Å². The summed E-state index contributed by atoms with van der Waals surface area (Å²) in [6, 6.07) is 15.5. The average molecular weight is 376 g/mol. The molecule has 0 unspecified atom stereocenters. The van der Waals surface area contributed by atoms with Crippen LogP contribution >= 0.6 is 27.3 Å². The summed E-state index contributed by atoms with van der Waals surface area (Å²) in [6.07, 6.45) is 0. The molecule has 22 heavy (non-hydrogen) atoms. The van der Waals surface area contributed by atoms with Gasteiger partial charge in [-0.1, -0.05) is 34.1 Å². The first kappa shape index (κ1) is 15.1. The number of amides is 1. The van der Waals surface area contributed by atoms with Crippen molar-refractivity contribution in [3.8, 4) is 11.3 Å². The molecule has 0 fully saturated rings. The number of rotatable bonds is 4. The largest absolute Gasteiger partial charge is 0.459 e. The molecule has 0 saturated carbocycles. The first-order chi connectivity index (χ1) is 10.6. The highest BCUT2D eigenvalue weighted by Gasteiger charge is 2.14. The quantitative estimate of drug-likeness (QED) is 0.639. The SMILES string of the molecule is CN(Cc1ccc(-c2ccc(Br)cc2)o1)C(=O)c1cccs1. The maximum Gasteiger partial charge on any atom is 0.264 e. The van der Waals surface area contributed by atoms with E-state index in [4.69, 9.17) is 4.42 Å². The van der Waals surface area contributed by atoms with Gasteiger partial charge in [0.25, 0.3) is 5.91 Å². The molecule has 0 radical (unpaired) electrons. The second kappa shape index (κ2) is 6.50. The van der Waals surface area contributed by atoms with E-state index in [-0.39, 0.29) is 5.91 Å². The van der Waals surface area contributed by atoms with Crippen LogP contribution in [0.1, 0.15) is 15.4 Å². The predicted octanol–water partition coefficient (Wildman–Crippen LogP) is 5.04. The predicted molar refractivity (Wildman–Crippen MR) is 92.0 cm³/mol. The first-order valence-electron chi connectivity index (χ1n) is 6.77. The van der Waals surface area contributed by atoms with E-state index < -0.39 is 0 Å². The van der Waals surface area contributed by atoms with E-state index in [1.54, 1.807) is 11.9 Å². The molecule has 3 nitrogen and oxygen atoms in total. The standard InChI is InChI=1S/C17H14BrNO2S/c1-19(17(20)16-3-2-10-22-16)11-14-8-9-15(21-14)12-4-6-13(18)7-5-12/h2-10H,11H2,1H3. The van der Waals surface area contributed by atoms with Crippen molar-refractivity contribution in [2.24, 2.45) is 0 Å². The molecule has 112 valence electrons. The monoisotopic (exact) mass is 375 g/mol. The molecule has 0 bridgehead atoms. The minimum absolute atomic E-state index is 0.0107. The fourth-order valence-electron chi connectivity index (χ4n) is 2.13. The summed E-state index contributed by atoms with van der Waals surface area (Å²) in [5, 5.41) is 1.90. The van der Waals surface area contributed by atoms with Gasteiger partial charge in [0.05, 0.1) is 11.4 Å². The van der Waals surface area contributed by atoms with Crippen LogP contribution in [0.5, 0.6) is 0 Å². The van der Waals surface area contributed by atoms with Gasteiger partial charge in [-0.3, -0.25) is 4.79 Å². The average Bonchev–Trinajstić information content (AvgIpc) is 3.18. The van der Waals surface area contributed by atoms with Crippen molar-refractivity contribution in [2.75, 3.05) is 7.05 Å². The van der Waals surface area contributed by atoms with E-state index in [9.17, 15) is 4.79 Å². The van der Waals surface area contributed by atoms with Crippen LogP contribution in [0.3, 0.4) is 0 Å². The van der Waals surface area contributed by atoms with Crippen molar-refractivity contribution in [2.45, 2.75) is 6.54 Å². The number of halogens is 1. The van der Waals surface area contributed by atoms with Crippen LogP contribution in [0.2, 0.25) is 0 Å². The Balaban J connectivity index is 1.71. The van der Waals surface area contributed by atoms with Gasteiger partial charge in [-0.2, -0.15) is 0 Å². The highest BCUT2D eigenvalue weighted by molar-refractivity contribution is 9.10. The minimum Gasteiger partial charge on any atom is -0.459 e. The molecular formula is C17H14BrNO2S. The highest BCUT2D eigenvalue weighted by Crippen LogP contribution is 2.24. The third-order valence-electron chi connectivity index (χ3n) is 3.26. The van der Waals surface area contributed by atoms with E-state index in [0.29, 0.717) is 6.54 Å². The van der Waals surface area contributed by atoms with Crippen LogP contribution < -0.4 is 0 Å². The molecule has 1 aromatic carbocycles. The molecule has 5 heteroatoms. The Kier molecular flexibility index (Phi) is 4.45. The van der Waals surface area contributed by atoms with Crippen molar-refractivity contribution < 1.29 is 9.21 Å². The fraction of sp³-hybridized carbons (Fsp3) is 0.118. The minimum atomic E-state index is 0.0107. The lowest BCUT2D eigenvalue weighted by Crippen LogP contribution is -2.25. The molecule has 0 atom stereocenters. The van der Waals surface area contributed by atoms with Gasteiger partial charge in [-0.05, 0) is 35.7 Å². The lowest BCUT2D eigenvalue weighted by molar-refractivity contribution is 0.0780. The number of hydrogen-bond donors (Lipinski definition) is 0. The van der Waals surface area contributed by atoms with E-state index in [0.717, 1.165) is 26.4 Å². The molecule has 2 heterocycles. The zero-order chi connectivity index (χ0) is 15.5. The topological polar surface area (TPSA) is 33.5 Å². The van der Waals surface area contributed by atoms with Crippen LogP contribution in [0, 0.1) is 0 Å². The number of benzene rings is 1. The summed E-state index contributed by atoms with van der Waals surface area (Å²) >= 11 is 4.86. The molecule has 1 amide bonds. The molecule has 3 aromatic rings. The van der Waals surface area contributed by atoms with Crippen LogP contribution in [0.15, 0.2) is 62.8 Å². The molecule has 0 aliphatic carbocycles. The zero-order valence-electron chi connectivity index (χ0n) is 12.0. The molecule has 0 aliphatic rings. The number of furan rings is 1. The molecule has 3 rings (SSSR count). The summed E-state index contributed by atoms with van der Waals surface area (Å²) < 4.78 is 6.87. The fourth-order valence-corrected chi connectivity index (χ4v) is 3.11. The van der Waals surface area contributed by atoms with Gasteiger partial charge in [-0.15, -0.1) is 11.3 Å².